The molecule has 2 aromatic carbocycles. The van der Waals surface area contributed by atoms with Crippen molar-refractivity contribution in [2.24, 2.45) is 7.05 Å². The number of sulfone groups is 1. The molecule has 39 heavy (non-hydrogen) atoms. The number of H-pyrrole nitrogens is 1. The summed E-state index contributed by atoms with van der Waals surface area (Å²) in [4.78, 5) is 17.2. The molecule has 0 saturated carbocycles. The van der Waals surface area contributed by atoms with Gasteiger partial charge >= 0.3 is 0 Å². The summed E-state index contributed by atoms with van der Waals surface area (Å²) in [5, 5.41) is 13.7. The molecule has 0 bridgehead atoms. The molecule has 0 aliphatic carbocycles. The number of oxazole rings is 1. The van der Waals surface area contributed by atoms with Gasteiger partial charge in [0.1, 0.15) is 5.82 Å². The summed E-state index contributed by atoms with van der Waals surface area (Å²) < 4.78 is 47.7. The molecule has 0 unspecified atom stereocenters. The first-order valence-electron chi connectivity index (χ1n) is 12.1. The van der Waals surface area contributed by atoms with E-state index in [9.17, 15) is 17.6 Å². The van der Waals surface area contributed by atoms with E-state index in [0.29, 0.717) is 24.2 Å². The molecule has 3 aromatic heterocycles. The van der Waals surface area contributed by atoms with Crippen molar-refractivity contribution in [3.63, 3.8) is 0 Å². The molecule has 12 heteroatoms. The van der Waals surface area contributed by atoms with Gasteiger partial charge in [0.25, 0.3) is 5.91 Å². The van der Waals surface area contributed by atoms with E-state index < -0.39 is 15.7 Å². The number of aromatic nitrogens is 5. The van der Waals surface area contributed by atoms with Crippen LogP contribution in [0.5, 0.6) is 0 Å². The number of aromatic amines is 1. The molecule has 5 aromatic rings. The minimum atomic E-state index is -3.88. The lowest BCUT2D eigenvalue weighted by molar-refractivity contribution is 0.0953. The topological polar surface area (TPSA) is 136 Å². The largest absolute Gasteiger partial charge is 0.436 e. The van der Waals surface area contributed by atoms with Crippen molar-refractivity contribution in [3.05, 3.63) is 96.0 Å². The number of nitrogens with zero attached hydrogens (tertiary/aromatic N) is 4. The Morgan fingerprint density at radius 1 is 1.13 bits per heavy atom. The molecule has 200 valence electrons. The van der Waals surface area contributed by atoms with E-state index in [4.69, 9.17) is 4.42 Å². The normalized spacial score (nSPS) is 11.5. The van der Waals surface area contributed by atoms with Gasteiger partial charge in [0, 0.05) is 42.7 Å². The van der Waals surface area contributed by atoms with Crippen LogP contribution >= 0.6 is 0 Å². The number of carbonyl (C=O) groups is 1. The Hall–Kier alpha value is -4.58. The van der Waals surface area contributed by atoms with Crippen LogP contribution in [-0.4, -0.2) is 45.8 Å². The number of amides is 1. The van der Waals surface area contributed by atoms with Gasteiger partial charge in [0.05, 0.1) is 28.7 Å². The van der Waals surface area contributed by atoms with Crippen molar-refractivity contribution >= 4 is 15.7 Å². The van der Waals surface area contributed by atoms with Gasteiger partial charge in [-0.25, -0.2) is 17.8 Å². The summed E-state index contributed by atoms with van der Waals surface area (Å²) in [5.41, 5.74) is 2.40. The fourth-order valence-electron chi connectivity index (χ4n) is 4.08. The Labute approximate surface area is 223 Å². The Kier molecular flexibility index (Phi) is 7.37. The maximum atomic E-state index is 13.5. The Bertz CT molecular complexity index is 1690. The third-order valence-electron chi connectivity index (χ3n) is 6.03. The predicted molar refractivity (Wildman–Crippen MR) is 141 cm³/mol. The Balaban J connectivity index is 1.44. The Morgan fingerprint density at radius 3 is 2.67 bits per heavy atom. The monoisotopic (exact) mass is 548 g/mol. The molecule has 10 nitrogen and oxygen atoms in total. The molecule has 0 atom stereocenters. The molecule has 0 spiro atoms. The van der Waals surface area contributed by atoms with Crippen molar-refractivity contribution < 1.29 is 22.0 Å². The van der Waals surface area contributed by atoms with E-state index in [1.54, 1.807) is 31.7 Å². The highest BCUT2D eigenvalue weighted by Crippen LogP contribution is 2.33. The van der Waals surface area contributed by atoms with Crippen LogP contribution < -0.4 is 5.32 Å². The second-order valence-electron chi connectivity index (χ2n) is 8.95. The molecule has 1 amide bonds. The summed E-state index contributed by atoms with van der Waals surface area (Å²) in [6.07, 6.45) is 8.04. The zero-order valence-electron chi connectivity index (χ0n) is 21.0. The number of carbonyl (C=O) groups excluding carboxylic acids is 1. The van der Waals surface area contributed by atoms with Crippen molar-refractivity contribution in [1.29, 1.82) is 0 Å². The second-order valence-corrected chi connectivity index (χ2v) is 10.9. The van der Waals surface area contributed by atoms with Crippen molar-refractivity contribution in [2.45, 2.75) is 23.5 Å². The van der Waals surface area contributed by atoms with Crippen molar-refractivity contribution in [2.75, 3.05) is 6.54 Å². The van der Waals surface area contributed by atoms with Gasteiger partial charge < -0.3 is 9.73 Å². The quantitative estimate of drug-likeness (QED) is 0.252. The fraction of sp³-hybridized carbons (Fsp3) is 0.185. The van der Waals surface area contributed by atoms with E-state index in [1.165, 1.54) is 53.3 Å². The zero-order valence-corrected chi connectivity index (χ0v) is 21.8. The third-order valence-corrected chi connectivity index (χ3v) is 7.73. The van der Waals surface area contributed by atoms with Crippen molar-refractivity contribution in [3.8, 4) is 22.8 Å². The zero-order chi connectivity index (χ0) is 27.4. The van der Waals surface area contributed by atoms with Crippen LogP contribution in [0.4, 0.5) is 4.39 Å². The van der Waals surface area contributed by atoms with E-state index in [-0.39, 0.29) is 39.3 Å². The molecule has 2 N–H and O–H groups in total. The highest BCUT2D eigenvalue weighted by molar-refractivity contribution is 7.90. The van der Waals surface area contributed by atoms with Crippen LogP contribution in [0.15, 0.2) is 82.6 Å². The highest BCUT2D eigenvalue weighted by Gasteiger charge is 2.25. The van der Waals surface area contributed by atoms with Crippen LogP contribution in [0.3, 0.4) is 0 Å². The van der Waals surface area contributed by atoms with Crippen LogP contribution in [0.25, 0.3) is 22.8 Å². The predicted octanol–water partition coefficient (Wildman–Crippen LogP) is 3.94. The Morgan fingerprint density at radius 2 is 1.95 bits per heavy atom. The number of hydrogen-bond donors (Lipinski definition) is 2. The summed E-state index contributed by atoms with van der Waals surface area (Å²) >= 11 is 0. The minimum absolute atomic E-state index is 0.0218. The lowest BCUT2D eigenvalue weighted by Gasteiger charge is -2.11. The number of nitrogens with one attached hydrogen (secondary N) is 2. The summed E-state index contributed by atoms with van der Waals surface area (Å²) in [7, 11) is -2.18. The molecule has 0 radical (unpaired) electrons. The van der Waals surface area contributed by atoms with Gasteiger partial charge in [-0.15, -0.1) is 0 Å². The number of hydrogen-bond acceptors (Lipinski definition) is 7. The first-order valence-corrected chi connectivity index (χ1v) is 13.8. The fourth-order valence-corrected chi connectivity index (χ4v) is 5.55. The first kappa shape index (κ1) is 26.0. The number of aryl methyl sites for hydroxylation is 2. The van der Waals surface area contributed by atoms with Crippen LogP contribution in [-0.2, 0) is 29.1 Å². The molecular formula is C27H25FN6O4S. The first-order chi connectivity index (χ1) is 18.8. The smallest absolute Gasteiger partial charge is 0.251 e. The average molecular weight is 549 g/mol. The number of halogens is 1. The van der Waals surface area contributed by atoms with Gasteiger partial charge in [-0.3, -0.25) is 14.6 Å². The van der Waals surface area contributed by atoms with E-state index >= 15 is 0 Å². The van der Waals surface area contributed by atoms with E-state index in [2.05, 4.69) is 25.6 Å². The van der Waals surface area contributed by atoms with Crippen LogP contribution in [0, 0.1) is 5.82 Å². The average Bonchev–Trinajstić information content (AvgIpc) is 3.69. The van der Waals surface area contributed by atoms with Gasteiger partial charge in [0.2, 0.25) is 5.89 Å². The SMILES string of the molecule is Cn1ccc(CS(=O)(=O)c2ccc(C(=O)NCCCc3cn[nH]c3)cc2-c2cnc(-c3ccc(F)cc3)o2)n1. The maximum absolute atomic E-state index is 13.5. The lowest BCUT2D eigenvalue weighted by atomic mass is 10.1. The van der Waals surface area contributed by atoms with Gasteiger partial charge in [-0.2, -0.15) is 10.2 Å². The minimum Gasteiger partial charge on any atom is -0.436 e. The summed E-state index contributed by atoms with van der Waals surface area (Å²) in [6, 6.07) is 11.5. The van der Waals surface area contributed by atoms with E-state index in [1.807, 2.05) is 0 Å². The molecule has 5 rings (SSSR count). The second kappa shape index (κ2) is 11.0. The van der Waals surface area contributed by atoms with Crippen LogP contribution in [0.2, 0.25) is 0 Å². The molecule has 0 aliphatic rings. The number of rotatable bonds is 10. The van der Waals surface area contributed by atoms with Gasteiger partial charge in [-0.1, -0.05) is 0 Å². The molecule has 3 heterocycles. The standard InChI is InChI=1S/C27H25FN6O4S/c1-34-12-10-22(33-34)17-39(36,37)25-9-6-20(26(35)29-11-2-3-18-14-31-32-15-18)13-23(25)24-16-30-27(38-24)19-4-7-21(28)8-5-19/h4-10,12-16H,2-3,11,17H2,1H3,(H,29,35)(H,31,32). The summed E-state index contributed by atoms with van der Waals surface area (Å²) in [6.45, 7) is 0.427. The molecular weight excluding hydrogens is 523 g/mol. The van der Waals surface area contributed by atoms with Gasteiger partial charge in [-0.05, 0) is 66.9 Å². The summed E-state index contributed by atoms with van der Waals surface area (Å²) in [5.74, 6) is -0.748. The van der Waals surface area contributed by atoms with Crippen LogP contribution in [0.1, 0.15) is 28.0 Å². The molecule has 0 fully saturated rings. The highest BCUT2D eigenvalue weighted by atomic mass is 32.2. The maximum Gasteiger partial charge on any atom is 0.251 e. The number of benzene rings is 2. The third kappa shape index (κ3) is 6.12. The van der Waals surface area contributed by atoms with E-state index in [0.717, 1.165) is 12.0 Å². The molecule has 0 aliphatic heterocycles. The molecule has 0 saturated heterocycles. The lowest BCUT2D eigenvalue weighted by Crippen LogP contribution is -2.25. The van der Waals surface area contributed by atoms with Crippen molar-refractivity contribution in [1.82, 2.24) is 30.3 Å². The van der Waals surface area contributed by atoms with Gasteiger partial charge in [0.15, 0.2) is 15.6 Å².